The molecule has 0 bridgehead atoms. The fourth-order valence-electron chi connectivity index (χ4n) is 4.09. The second kappa shape index (κ2) is 6.45. The maximum absolute atomic E-state index is 12.1. The lowest BCUT2D eigenvalue weighted by atomic mass is 9.82. The Bertz CT molecular complexity index is 563. The minimum absolute atomic E-state index is 0.371. The summed E-state index contributed by atoms with van der Waals surface area (Å²) in [7, 11) is -4.14. The molecule has 0 amide bonds. The topological polar surface area (TPSA) is 69.6 Å². The molecule has 1 saturated carbocycles. The Balaban J connectivity index is 1.75. The Morgan fingerprint density at radius 3 is 2.59 bits per heavy atom. The van der Waals surface area contributed by atoms with Gasteiger partial charge in [-0.2, -0.15) is 0 Å². The van der Waals surface area contributed by atoms with E-state index >= 15 is 0 Å². The molecule has 122 valence electrons. The molecule has 2 aliphatic carbocycles. The molecule has 1 fully saturated rings. The Kier molecular flexibility index (Phi) is 4.75. The standard InChI is InChI=1S/C17H26NO3P/c19-22(20,21)17(11-4-1-5-12-17)18-13-15-9-6-8-14-7-2-3-10-16(14)15/h2-3,7,10,15,18H,1,4-6,8-9,11-13H2,(H2,19,20,21)/t15-/m1/s1. The van der Waals surface area contributed by atoms with Crippen LogP contribution in [0.5, 0.6) is 0 Å². The lowest BCUT2D eigenvalue weighted by molar-refractivity contribution is 0.240. The first-order valence-electron chi connectivity index (χ1n) is 8.40. The van der Waals surface area contributed by atoms with Crippen LogP contribution in [0.1, 0.15) is 62.0 Å². The highest BCUT2D eigenvalue weighted by Crippen LogP contribution is 2.56. The summed E-state index contributed by atoms with van der Waals surface area (Å²) >= 11 is 0. The van der Waals surface area contributed by atoms with Crippen molar-refractivity contribution in [3.63, 3.8) is 0 Å². The van der Waals surface area contributed by atoms with Crippen LogP contribution in [0.25, 0.3) is 0 Å². The summed E-state index contributed by atoms with van der Waals surface area (Å²) in [6.07, 6.45) is 7.44. The molecule has 0 unspecified atom stereocenters. The van der Waals surface area contributed by atoms with Crippen molar-refractivity contribution in [3.8, 4) is 0 Å². The zero-order chi connectivity index (χ0) is 15.6. The van der Waals surface area contributed by atoms with E-state index in [1.165, 1.54) is 11.1 Å². The van der Waals surface area contributed by atoms with Crippen molar-refractivity contribution >= 4 is 7.60 Å². The molecule has 1 aromatic rings. The van der Waals surface area contributed by atoms with Crippen molar-refractivity contribution in [1.29, 1.82) is 0 Å². The summed E-state index contributed by atoms with van der Waals surface area (Å²) in [5.74, 6) is 0.371. The van der Waals surface area contributed by atoms with E-state index in [-0.39, 0.29) is 0 Å². The Morgan fingerprint density at radius 2 is 1.86 bits per heavy atom. The third kappa shape index (κ3) is 3.16. The van der Waals surface area contributed by atoms with Gasteiger partial charge < -0.3 is 15.1 Å². The van der Waals surface area contributed by atoms with Crippen LogP contribution in [0, 0.1) is 0 Å². The molecule has 1 aromatic carbocycles. The predicted octanol–water partition coefficient (Wildman–Crippen LogP) is 3.53. The number of hydrogen-bond donors (Lipinski definition) is 3. The fraction of sp³-hybridized carbons (Fsp3) is 0.647. The summed E-state index contributed by atoms with van der Waals surface area (Å²) in [5, 5.41) is 2.33. The molecular formula is C17H26NO3P. The van der Waals surface area contributed by atoms with E-state index in [1.807, 2.05) is 0 Å². The molecule has 0 saturated heterocycles. The largest absolute Gasteiger partial charge is 0.345 e. The monoisotopic (exact) mass is 323 g/mol. The van der Waals surface area contributed by atoms with E-state index in [9.17, 15) is 14.4 Å². The third-order valence-electron chi connectivity index (χ3n) is 5.41. The number of rotatable bonds is 4. The summed E-state index contributed by atoms with van der Waals surface area (Å²) < 4.78 is 12.1. The van der Waals surface area contributed by atoms with E-state index < -0.39 is 12.9 Å². The number of benzene rings is 1. The molecule has 0 aliphatic heterocycles. The number of aryl methyl sites for hydroxylation is 1. The second-order valence-electron chi connectivity index (χ2n) is 6.81. The van der Waals surface area contributed by atoms with Crippen LogP contribution in [0.2, 0.25) is 0 Å². The van der Waals surface area contributed by atoms with Gasteiger partial charge in [0.25, 0.3) is 0 Å². The molecule has 3 N–H and O–H groups in total. The van der Waals surface area contributed by atoms with Crippen molar-refractivity contribution in [1.82, 2.24) is 5.32 Å². The third-order valence-corrected chi connectivity index (χ3v) is 7.13. The highest BCUT2D eigenvalue weighted by Gasteiger charge is 2.47. The van der Waals surface area contributed by atoms with Crippen LogP contribution < -0.4 is 5.32 Å². The van der Waals surface area contributed by atoms with Crippen molar-refractivity contribution in [2.75, 3.05) is 6.54 Å². The Labute approximate surface area is 132 Å². The lowest BCUT2D eigenvalue weighted by Gasteiger charge is -2.40. The van der Waals surface area contributed by atoms with E-state index in [2.05, 4.69) is 29.6 Å². The summed E-state index contributed by atoms with van der Waals surface area (Å²) in [6, 6.07) is 8.50. The molecule has 5 heteroatoms. The highest BCUT2D eigenvalue weighted by molar-refractivity contribution is 7.53. The van der Waals surface area contributed by atoms with Crippen molar-refractivity contribution in [3.05, 3.63) is 35.4 Å². The van der Waals surface area contributed by atoms with Gasteiger partial charge >= 0.3 is 7.60 Å². The van der Waals surface area contributed by atoms with Gasteiger partial charge in [0.15, 0.2) is 0 Å². The molecule has 22 heavy (non-hydrogen) atoms. The molecule has 4 nitrogen and oxygen atoms in total. The van der Waals surface area contributed by atoms with Gasteiger partial charge in [0.05, 0.1) is 0 Å². The van der Waals surface area contributed by atoms with Gasteiger partial charge in [0.1, 0.15) is 5.28 Å². The average molecular weight is 323 g/mol. The van der Waals surface area contributed by atoms with Crippen LogP contribution in [-0.4, -0.2) is 21.6 Å². The number of nitrogens with one attached hydrogen (secondary N) is 1. The summed E-state index contributed by atoms with van der Waals surface area (Å²) in [5.41, 5.74) is 2.76. The predicted molar refractivity (Wildman–Crippen MR) is 88.0 cm³/mol. The van der Waals surface area contributed by atoms with Crippen LogP contribution in [0.4, 0.5) is 0 Å². The van der Waals surface area contributed by atoms with Crippen molar-refractivity contribution in [2.45, 2.75) is 62.6 Å². The molecule has 0 heterocycles. The van der Waals surface area contributed by atoms with Crippen molar-refractivity contribution < 1.29 is 14.4 Å². The van der Waals surface area contributed by atoms with E-state index in [4.69, 9.17) is 0 Å². The minimum Gasteiger partial charge on any atom is -0.323 e. The first-order valence-corrected chi connectivity index (χ1v) is 10.0. The van der Waals surface area contributed by atoms with Crippen LogP contribution in [0.15, 0.2) is 24.3 Å². The molecule has 1 atom stereocenters. The smallest absolute Gasteiger partial charge is 0.323 e. The van der Waals surface area contributed by atoms with Gasteiger partial charge in [-0.3, -0.25) is 4.57 Å². The van der Waals surface area contributed by atoms with Crippen LogP contribution in [-0.2, 0) is 11.0 Å². The molecule has 0 aromatic heterocycles. The maximum atomic E-state index is 12.1. The van der Waals surface area contributed by atoms with Crippen LogP contribution in [0.3, 0.4) is 0 Å². The van der Waals surface area contributed by atoms with Crippen LogP contribution >= 0.6 is 7.60 Å². The minimum atomic E-state index is -4.14. The quantitative estimate of drug-likeness (QED) is 0.741. The molecule has 2 aliphatic rings. The lowest BCUT2D eigenvalue weighted by Crippen LogP contribution is -2.48. The molecule has 0 spiro atoms. The SMILES string of the molecule is O=P(O)(O)C1(NC[C@H]2CCCc3ccccc32)CCCCC1. The van der Waals surface area contributed by atoms with Gasteiger partial charge in [0.2, 0.25) is 0 Å². The average Bonchev–Trinajstić information content (AvgIpc) is 2.53. The van der Waals surface area contributed by atoms with Gasteiger partial charge in [-0.1, -0.05) is 43.5 Å². The van der Waals surface area contributed by atoms with Gasteiger partial charge in [-0.25, -0.2) is 0 Å². The first-order chi connectivity index (χ1) is 10.5. The zero-order valence-corrected chi connectivity index (χ0v) is 13.9. The van der Waals surface area contributed by atoms with Gasteiger partial charge in [-0.05, 0) is 49.1 Å². The van der Waals surface area contributed by atoms with E-state index in [1.54, 1.807) is 0 Å². The van der Waals surface area contributed by atoms with Gasteiger partial charge in [0, 0.05) is 6.54 Å². The molecule has 0 radical (unpaired) electrons. The van der Waals surface area contributed by atoms with Gasteiger partial charge in [-0.15, -0.1) is 0 Å². The summed E-state index contributed by atoms with van der Waals surface area (Å²) in [6.45, 7) is 0.669. The number of hydrogen-bond acceptors (Lipinski definition) is 2. The summed E-state index contributed by atoms with van der Waals surface area (Å²) in [4.78, 5) is 19.7. The Hall–Kier alpha value is -0.670. The fourth-order valence-corrected chi connectivity index (χ4v) is 5.28. The second-order valence-corrected chi connectivity index (χ2v) is 8.75. The van der Waals surface area contributed by atoms with E-state index in [0.717, 1.165) is 38.5 Å². The van der Waals surface area contributed by atoms with E-state index in [0.29, 0.717) is 25.3 Å². The first kappa shape index (κ1) is 16.2. The normalized spacial score (nSPS) is 24.7. The number of fused-ring (bicyclic) bond motifs is 1. The molecular weight excluding hydrogens is 297 g/mol. The van der Waals surface area contributed by atoms with Crippen molar-refractivity contribution in [2.24, 2.45) is 0 Å². The molecule has 3 rings (SSSR count). The Morgan fingerprint density at radius 1 is 1.14 bits per heavy atom. The highest BCUT2D eigenvalue weighted by atomic mass is 31.2. The maximum Gasteiger partial charge on any atom is 0.345 e. The zero-order valence-electron chi connectivity index (χ0n) is 13.0.